The second kappa shape index (κ2) is 10.2. The average Bonchev–Trinajstić information content (AvgIpc) is 2.88. The minimum Gasteiger partial charge on any atom is -0.465 e. The molecule has 232 valence electrons. The Balaban J connectivity index is 1.44. The predicted octanol–water partition coefficient (Wildman–Crippen LogP) is 8.70. The first-order valence-corrected chi connectivity index (χ1v) is 17.1. The lowest BCUT2D eigenvalue weighted by molar-refractivity contribution is -0.202. The van der Waals surface area contributed by atoms with E-state index in [4.69, 9.17) is 4.74 Å². The molecule has 5 rings (SSSR count). The summed E-state index contributed by atoms with van der Waals surface area (Å²) in [4.78, 5) is 28.0. The summed E-state index contributed by atoms with van der Waals surface area (Å²) in [5, 5.41) is 11.0. The Hall–Kier alpha value is -1.16. The molecule has 41 heavy (non-hydrogen) atoms. The van der Waals surface area contributed by atoms with Crippen LogP contribution in [0, 0.1) is 56.2 Å². The van der Waals surface area contributed by atoms with Crippen LogP contribution in [0.25, 0.3) is 0 Å². The number of carbonyl (C=O) groups excluding carboxylic acids is 2. The van der Waals surface area contributed by atoms with E-state index in [-0.39, 0.29) is 51.0 Å². The van der Waals surface area contributed by atoms with Gasteiger partial charge in [0.1, 0.15) is 0 Å². The van der Waals surface area contributed by atoms with E-state index in [9.17, 15) is 14.7 Å². The molecule has 0 spiro atoms. The molecule has 4 fully saturated rings. The number of hydrogen-bond donors (Lipinski definition) is 1. The summed E-state index contributed by atoms with van der Waals surface area (Å²) in [6, 6.07) is 0. The van der Waals surface area contributed by atoms with Crippen LogP contribution in [0.15, 0.2) is 11.6 Å². The van der Waals surface area contributed by atoms with Gasteiger partial charge in [-0.25, -0.2) is 0 Å². The fraction of sp³-hybridized carbons (Fsp3) is 0.892. The number of esters is 1. The van der Waals surface area contributed by atoms with Crippen molar-refractivity contribution in [2.45, 2.75) is 145 Å². The van der Waals surface area contributed by atoms with Gasteiger partial charge in [0, 0.05) is 5.92 Å². The van der Waals surface area contributed by atoms with Gasteiger partial charge in [-0.2, -0.15) is 0 Å². The minimum atomic E-state index is -0.491. The molecule has 5 aliphatic rings. The predicted molar refractivity (Wildman–Crippen MR) is 165 cm³/mol. The van der Waals surface area contributed by atoms with Crippen LogP contribution in [0.5, 0.6) is 0 Å². The minimum absolute atomic E-state index is 0.00981. The first kappa shape index (κ1) is 31.3. The molecule has 0 heterocycles. The smallest absolute Gasteiger partial charge is 0.311 e. The molecule has 4 unspecified atom stereocenters. The standard InChI is InChI=1S/C37H60O4/c1-24(2)12-10-11-21-41-31(40)34(6)18-17-33(5)19-20-36(8)25(26(33)23-34)22-27(38)30-35(7)15-14-29(39)32(3,4)28(35)13-16-37(30,36)9/h22,24,26,28-30,39H,10-21,23H2,1-9H3/t26?,28?,29?,30?,33-,34+,35+,36-,37-/m1/s1. The van der Waals surface area contributed by atoms with E-state index < -0.39 is 5.41 Å². The zero-order chi connectivity index (χ0) is 30.2. The second-order valence-electron chi connectivity index (χ2n) is 17.7. The summed E-state index contributed by atoms with van der Waals surface area (Å²) in [7, 11) is 0. The van der Waals surface area contributed by atoms with Gasteiger partial charge in [-0.3, -0.25) is 9.59 Å². The number of aliphatic hydroxyl groups is 1. The highest BCUT2D eigenvalue weighted by molar-refractivity contribution is 5.95. The van der Waals surface area contributed by atoms with Gasteiger partial charge in [-0.15, -0.1) is 0 Å². The molecule has 0 aromatic heterocycles. The van der Waals surface area contributed by atoms with Crippen molar-refractivity contribution in [3.8, 4) is 0 Å². The number of aliphatic hydroxyl groups excluding tert-OH is 1. The van der Waals surface area contributed by atoms with E-state index in [0.717, 1.165) is 70.6 Å². The number of ether oxygens (including phenoxy) is 1. The maximum atomic E-state index is 14.5. The molecule has 0 aliphatic heterocycles. The quantitative estimate of drug-likeness (QED) is 0.257. The molecule has 4 nitrogen and oxygen atoms in total. The molecule has 0 amide bonds. The zero-order valence-electron chi connectivity index (χ0n) is 27.8. The Morgan fingerprint density at radius 1 is 0.951 bits per heavy atom. The highest BCUT2D eigenvalue weighted by Crippen LogP contribution is 2.75. The fourth-order valence-electron chi connectivity index (χ4n) is 11.3. The molecular weight excluding hydrogens is 508 g/mol. The average molecular weight is 569 g/mol. The number of carbonyl (C=O) groups is 2. The lowest BCUT2D eigenvalue weighted by Crippen LogP contribution is -2.66. The Morgan fingerprint density at radius 2 is 1.63 bits per heavy atom. The van der Waals surface area contributed by atoms with Gasteiger partial charge in [0.15, 0.2) is 5.78 Å². The van der Waals surface area contributed by atoms with E-state index in [1.54, 1.807) is 0 Å². The summed E-state index contributed by atoms with van der Waals surface area (Å²) < 4.78 is 5.92. The van der Waals surface area contributed by atoms with Gasteiger partial charge < -0.3 is 9.84 Å². The van der Waals surface area contributed by atoms with Crippen LogP contribution in [0.4, 0.5) is 0 Å². The number of fused-ring (bicyclic) bond motifs is 7. The van der Waals surface area contributed by atoms with E-state index in [2.05, 4.69) is 68.4 Å². The van der Waals surface area contributed by atoms with Crippen molar-refractivity contribution in [3.05, 3.63) is 11.6 Å². The number of allylic oxidation sites excluding steroid dienone is 2. The van der Waals surface area contributed by atoms with Gasteiger partial charge >= 0.3 is 5.97 Å². The summed E-state index contributed by atoms with van der Waals surface area (Å²) in [6.07, 6.45) is 13.8. The normalized spacial score (nSPS) is 47.0. The van der Waals surface area contributed by atoms with Crippen molar-refractivity contribution in [1.29, 1.82) is 0 Å². The molecule has 9 atom stereocenters. The molecule has 1 N–H and O–H groups in total. The number of rotatable bonds is 6. The van der Waals surface area contributed by atoms with Crippen molar-refractivity contribution >= 4 is 11.8 Å². The Morgan fingerprint density at radius 3 is 2.32 bits per heavy atom. The summed E-state index contributed by atoms with van der Waals surface area (Å²) in [6.45, 7) is 21.3. The van der Waals surface area contributed by atoms with E-state index in [1.807, 2.05) is 0 Å². The monoisotopic (exact) mass is 568 g/mol. The molecule has 0 aromatic carbocycles. The highest BCUT2D eigenvalue weighted by Gasteiger charge is 2.70. The Kier molecular flexibility index (Phi) is 7.78. The largest absolute Gasteiger partial charge is 0.465 e. The SMILES string of the molecule is CC(C)CCCCOC(=O)[C@@]1(C)CC[C@]2(C)CC[C@]3(C)C(=CC(=O)C4[C@@]5(C)CCC(O)C(C)(C)C5CC[C@]43C)C2C1. The van der Waals surface area contributed by atoms with Crippen LogP contribution >= 0.6 is 0 Å². The molecule has 0 aromatic rings. The fourth-order valence-corrected chi connectivity index (χ4v) is 11.3. The molecule has 0 radical (unpaired) electrons. The summed E-state index contributed by atoms with van der Waals surface area (Å²) >= 11 is 0. The van der Waals surface area contributed by atoms with Crippen molar-refractivity contribution in [3.63, 3.8) is 0 Å². The maximum absolute atomic E-state index is 14.5. The van der Waals surface area contributed by atoms with Crippen LogP contribution in [0.1, 0.15) is 139 Å². The molecule has 5 aliphatic carbocycles. The van der Waals surface area contributed by atoms with Crippen LogP contribution in [-0.4, -0.2) is 29.6 Å². The number of hydrogen-bond acceptors (Lipinski definition) is 4. The summed E-state index contributed by atoms with van der Waals surface area (Å²) in [5.41, 5.74) is 0.554. The van der Waals surface area contributed by atoms with Crippen LogP contribution < -0.4 is 0 Å². The van der Waals surface area contributed by atoms with Crippen LogP contribution in [0.3, 0.4) is 0 Å². The Bertz CT molecular complexity index is 1090. The van der Waals surface area contributed by atoms with Gasteiger partial charge in [0.05, 0.1) is 18.1 Å². The zero-order valence-corrected chi connectivity index (χ0v) is 27.8. The molecular formula is C37H60O4. The lowest BCUT2D eigenvalue weighted by atomic mass is 9.33. The number of unbranched alkanes of at least 4 members (excludes halogenated alkanes) is 1. The lowest BCUT2D eigenvalue weighted by Gasteiger charge is -2.70. The molecule has 0 bridgehead atoms. The van der Waals surface area contributed by atoms with E-state index in [0.29, 0.717) is 24.2 Å². The molecule has 4 saturated carbocycles. The van der Waals surface area contributed by atoms with Gasteiger partial charge in [-0.05, 0) is 128 Å². The van der Waals surface area contributed by atoms with E-state index in [1.165, 1.54) is 12.0 Å². The Labute approximate surface area is 250 Å². The first-order chi connectivity index (χ1) is 18.9. The van der Waals surface area contributed by atoms with Crippen LogP contribution in [-0.2, 0) is 14.3 Å². The van der Waals surface area contributed by atoms with Crippen molar-refractivity contribution in [2.24, 2.45) is 56.2 Å². The molecule has 4 heteroatoms. The third-order valence-corrected chi connectivity index (χ3v) is 14.5. The highest BCUT2D eigenvalue weighted by atomic mass is 16.5. The van der Waals surface area contributed by atoms with Gasteiger partial charge in [-0.1, -0.05) is 67.4 Å². The van der Waals surface area contributed by atoms with Crippen molar-refractivity contribution in [2.75, 3.05) is 6.61 Å². The van der Waals surface area contributed by atoms with Crippen molar-refractivity contribution < 1.29 is 19.4 Å². The van der Waals surface area contributed by atoms with Crippen molar-refractivity contribution in [1.82, 2.24) is 0 Å². The third kappa shape index (κ3) is 4.62. The van der Waals surface area contributed by atoms with Gasteiger partial charge in [0.25, 0.3) is 0 Å². The first-order valence-electron chi connectivity index (χ1n) is 17.1. The van der Waals surface area contributed by atoms with Crippen LogP contribution in [0.2, 0.25) is 0 Å². The third-order valence-electron chi connectivity index (χ3n) is 14.5. The summed E-state index contributed by atoms with van der Waals surface area (Å²) in [5.74, 6) is 1.56. The van der Waals surface area contributed by atoms with E-state index >= 15 is 0 Å². The van der Waals surface area contributed by atoms with Gasteiger partial charge in [0.2, 0.25) is 0 Å². The molecule has 0 saturated heterocycles. The topological polar surface area (TPSA) is 63.6 Å². The second-order valence-corrected chi connectivity index (χ2v) is 17.7. The maximum Gasteiger partial charge on any atom is 0.311 e. The number of ketones is 1.